The molecule has 0 aliphatic rings. The second-order valence-corrected chi connectivity index (χ2v) is 5.11. The molecule has 0 aliphatic carbocycles. The lowest BCUT2D eigenvalue weighted by Crippen LogP contribution is -2.37. The highest BCUT2D eigenvalue weighted by molar-refractivity contribution is 5.97. The molecule has 0 aromatic carbocycles. The van der Waals surface area contributed by atoms with Gasteiger partial charge in [0.2, 0.25) is 0 Å². The van der Waals surface area contributed by atoms with Crippen LogP contribution in [0.5, 0.6) is 0 Å². The van der Waals surface area contributed by atoms with Crippen LogP contribution in [-0.4, -0.2) is 47.1 Å². The Morgan fingerprint density at radius 1 is 1.45 bits per heavy atom. The van der Waals surface area contributed by atoms with E-state index in [0.29, 0.717) is 35.4 Å². The largest absolute Gasteiger partial charge is 0.469 e. The Hall–Kier alpha value is -2.44. The third kappa shape index (κ3) is 3.08. The van der Waals surface area contributed by atoms with Gasteiger partial charge in [0, 0.05) is 19.3 Å². The summed E-state index contributed by atoms with van der Waals surface area (Å²) in [4.78, 5) is 29.8. The molecule has 0 spiro atoms. The summed E-state index contributed by atoms with van der Waals surface area (Å²) in [5, 5.41) is 4.53. The average molecular weight is 305 g/mol. The number of rotatable bonds is 5. The zero-order valence-corrected chi connectivity index (χ0v) is 13.1. The molecule has 1 atom stereocenters. The fourth-order valence-electron chi connectivity index (χ4n) is 2.21. The van der Waals surface area contributed by atoms with E-state index in [9.17, 15) is 9.59 Å². The van der Waals surface area contributed by atoms with Crippen molar-refractivity contribution in [3.63, 3.8) is 0 Å². The lowest BCUT2D eigenvalue weighted by Gasteiger charge is -2.23. The number of pyridine rings is 1. The van der Waals surface area contributed by atoms with Crippen LogP contribution >= 0.6 is 0 Å². The van der Waals surface area contributed by atoms with Crippen molar-refractivity contribution in [1.29, 1.82) is 0 Å². The van der Waals surface area contributed by atoms with Gasteiger partial charge in [-0.25, -0.2) is 4.98 Å². The molecule has 0 bridgehead atoms. The number of aromatic nitrogens is 2. The van der Waals surface area contributed by atoms with E-state index in [0.717, 1.165) is 0 Å². The highest BCUT2D eigenvalue weighted by Gasteiger charge is 2.22. The summed E-state index contributed by atoms with van der Waals surface area (Å²) in [5.41, 5.74) is 1.53. The summed E-state index contributed by atoms with van der Waals surface area (Å²) in [6.07, 6.45) is 1.46. The molecule has 22 heavy (non-hydrogen) atoms. The highest BCUT2D eigenvalue weighted by atomic mass is 16.5. The first kappa shape index (κ1) is 15.9. The number of hydrogen-bond donors (Lipinski definition) is 0. The van der Waals surface area contributed by atoms with E-state index < -0.39 is 0 Å². The molecule has 118 valence electrons. The van der Waals surface area contributed by atoms with Gasteiger partial charge in [0.15, 0.2) is 0 Å². The van der Waals surface area contributed by atoms with Gasteiger partial charge >= 0.3 is 5.97 Å². The Morgan fingerprint density at radius 2 is 2.18 bits per heavy atom. The fraction of sp³-hybridized carbons (Fsp3) is 0.467. The van der Waals surface area contributed by atoms with Crippen LogP contribution in [0.15, 0.2) is 16.8 Å². The van der Waals surface area contributed by atoms with Gasteiger partial charge in [0.05, 0.1) is 29.7 Å². The number of fused-ring (bicyclic) bond motifs is 1. The number of ether oxygens (including phenoxy) is 1. The topological polar surface area (TPSA) is 85.5 Å². The zero-order chi connectivity index (χ0) is 16.3. The Balaban J connectivity index is 2.22. The van der Waals surface area contributed by atoms with Crippen molar-refractivity contribution in [2.75, 3.05) is 20.2 Å². The maximum atomic E-state index is 12.6. The number of methoxy groups -OCH3 is 1. The molecule has 2 aromatic heterocycles. The molecule has 1 amide bonds. The summed E-state index contributed by atoms with van der Waals surface area (Å²) in [7, 11) is 1.34. The Morgan fingerprint density at radius 3 is 2.82 bits per heavy atom. The van der Waals surface area contributed by atoms with Crippen molar-refractivity contribution in [1.82, 2.24) is 15.0 Å². The van der Waals surface area contributed by atoms with Gasteiger partial charge in [-0.15, -0.1) is 0 Å². The van der Waals surface area contributed by atoms with E-state index in [1.165, 1.54) is 13.3 Å². The van der Waals surface area contributed by atoms with Crippen molar-refractivity contribution in [2.24, 2.45) is 5.92 Å². The molecule has 2 heterocycles. The molecule has 0 fully saturated rings. The van der Waals surface area contributed by atoms with Crippen LogP contribution < -0.4 is 0 Å². The molecule has 0 N–H and O–H groups in total. The molecule has 0 saturated carbocycles. The predicted octanol–water partition coefficient (Wildman–Crippen LogP) is 1.80. The molecule has 0 radical (unpaired) electrons. The van der Waals surface area contributed by atoms with Crippen LogP contribution in [0.3, 0.4) is 0 Å². The number of esters is 1. The SMILES string of the molecule is CCN(C[C@@H](C)C(=O)OC)C(=O)c1cnc2onc(C)c2c1. The zero-order valence-electron chi connectivity index (χ0n) is 13.1. The summed E-state index contributed by atoms with van der Waals surface area (Å²) in [6.45, 7) is 6.16. The lowest BCUT2D eigenvalue weighted by atomic mass is 10.1. The number of hydrogen-bond acceptors (Lipinski definition) is 6. The Bertz CT molecular complexity index is 695. The highest BCUT2D eigenvalue weighted by Crippen LogP contribution is 2.18. The maximum Gasteiger partial charge on any atom is 0.310 e. The van der Waals surface area contributed by atoms with Gasteiger partial charge in [-0.1, -0.05) is 12.1 Å². The fourth-order valence-corrected chi connectivity index (χ4v) is 2.21. The molecule has 0 aliphatic heterocycles. The van der Waals surface area contributed by atoms with Crippen molar-refractivity contribution < 1.29 is 18.8 Å². The third-order valence-corrected chi connectivity index (χ3v) is 3.52. The van der Waals surface area contributed by atoms with Gasteiger partial charge in [-0.2, -0.15) is 0 Å². The quantitative estimate of drug-likeness (QED) is 0.783. The summed E-state index contributed by atoms with van der Waals surface area (Å²) in [5.74, 6) is -0.911. The first-order valence-corrected chi connectivity index (χ1v) is 7.07. The smallest absolute Gasteiger partial charge is 0.310 e. The third-order valence-electron chi connectivity index (χ3n) is 3.52. The van der Waals surface area contributed by atoms with Gasteiger partial charge in [-0.3, -0.25) is 9.59 Å². The van der Waals surface area contributed by atoms with E-state index in [1.807, 2.05) is 6.92 Å². The molecule has 7 nitrogen and oxygen atoms in total. The minimum absolute atomic E-state index is 0.187. The van der Waals surface area contributed by atoms with Crippen LogP contribution in [-0.2, 0) is 9.53 Å². The molecule has 2 aromatic rings. The van der Waals surface area contributed by atoms with E-state index in [-0.39, 0.29) is 17.8 Å². The van der Waals surface area contributed by atoms with E-state index >= 15 is 0 Å². The van der Waals surface area contributed by atoms with Crippen molar-refractivity contribution >= 4 is 23.0 Å². The van der Waals surface area contributed by atoms with Gasteiger partial charge in [-0.05, 0) is 19.9 Å². The normalized spacial score (nSPS) is 12.2. The molecule has 2 rings (SSSR count). The number of nitrogens with zero attached hydrogens (tertiary/aromatic N) is 3. The van der Waals surface area contributed by atoms with Crippen molar-refractivity contribution in [3.05, 3.63) is 23.5 Å². The second kappa shape index (κ2) is 6.55. The molecular formula is C15H19N3O4. The van der Waals surface area contributed by atoms with E-state index in [1.54, 1.807) is 24.8 Å². The van der Waals surface area contributed by atoms with Crippen LogP contribution in [0.25, 0.3) is 11.1 Å². The monoisotopic (exact) mass is 305 g/mol. The number of aryl methyl sites for hydroxylation is 1. The summed E-state index contributed by atoms with van der Waals surface area (Å²) in [6, 6.07) is 1.71. The number of amides is 1. The van der Waals surface area contributed by atoms with E-state index in [4.69, 9.17) is 9.26 Å². The molecule has 0 saturated heterocycles. The maximum absolute atomic E-state index is 12.6. The minimum Gasteiger partial charge on any atom is -0.469 e. The summed E-state index contributed by atoms with van der Waals surface area (Å²) < 4.78 is 9.73. The molecule has 7 heteroatoms. The first-order valence-electron chi connectivity index (χ1n) is 7.07. The Kier molecular flexibility index (Phi) is 4.75. The minimum atomic E-state index is -0.386. The van der Waals surface area contributed by atoms with Crippen LogP contribution in [0, 0.1) is 12.8 Å². The lowest BCUT2D eigenvalue weighted by molar-refractivity contribution is -0.145. The standard InChI is InChI=1S/C15H19N3O4/c1-5-18(8-9(2)15(20)21-4)14(19)11-6-12-10(3)17-22-13(12)16-7-11/h6-7,9H,5,8H2,1-4H3/t9-/m1/s1. The van der Waals surface area contributed by atoms with Crippen LogP contribution in [0.2, 0.25) is 0 Å². The van der Waals surface area contributed by atoms with Gasteiger partial charge in [0.1, 0.15) is 0 Å². The second-order valence-electron chi connectivity index (χ2n) is 5.11. The molecule has 0 unspecified atom stereocenters. The van der Waals surface area contributed by atoms with Gasteiger partial charge in [0.25, 0.3) is 11.6 Å². The molecular weight excluding hydrogens is 286 g/mol. The number of carbonyl (C=O) groups excluding carboxylic acids is 2. The first-order chi connectivity index (χ1) is 10.5. The average Bonchev–Trinajstić information content (AvgIpc) is 2.91. The van der Waals surface area contributed by atoms with Crippen molar-refractivity contribution in [3.8, 4) is 0 Å². The Labute approximate surface area is 128 Å². The predicted molar refractivity (Wildman–Crippen MR) is 79.3 cm³/mol. The van der Waals surface area contributed by atoms with Crippen LogP contribution in [0.1, 0.15) is 29.9 Å². The number of carbonyl (C=O) groups is 2. The van der Waals surface area contributed by atoms with E-state index in [2.05, 4.69) is 10.1 Å². The van der Waals surface area contributed by atoms with Gasteiger partial charge < -0.3 is 14.2 Å². The van der Waals surface area contributed by atoms with Crippen LogP contribution in [0.4, 0.5) is 0 Å². The van der Waals surface area contributed by atoms with Crippen molar-refractivity contribution in [2.45, 2.75) is 20.8 Å². The summed E-state index contributed by atoms with van der Waals surface area (Å²) >= 11 is 0.